The number of hydrogen-bond acceptors (Lipinski definition) is 2. The van der Waals surface area contributed by atoms with Crippen LogP contribution in [0.1, 0.15) is 0 Å². The highest BCUT2D eigenvalue weighted by Crippen LogP contribution is 2.42. The van der Waals surface area contributed by atoms with Crippen LogP contribution in [0.3, 0.4) is 0 Å². The third-order valence-corrected chi connectivity index (χ3v) is 11.2. The zero-order chi connectivity index (χ0) is 33.7. The van der Waals surface area contributed by atoms with Gasteiger partial charge in [0.15, 0.2) is 0 Å². The summed E-state index contributed by atoms with van der Waals surface area (Å²) in [6, 6.07) is 70.2. The Labute approximate surface area is 300 Å². The van der Waals surface area contributed by atoms with Gasteiger partial charge in [-0.2, -0.15) is 0 Å². The Bertz CT molecular complexity index is 2830. The van der Waals surface area contributed by atoms with Crippen LogP contribution >= 0.6 is 11.3 Å². The van der Waals surface area contributed by atoms with Crippen LogP contribution in [0.4, 0.5) is 17.1 Å². The number of anilines is 3. The van der Waals surface area contributed by atoms with Crippen LogP contribution in [0.2, 0.25) is 0 Å². The molecule has 2 heterocycles. The second kappa shape index (κ2) is 12.2. The van der Waals surface area contributed by atoms with Gasteiger partial charge in [0.25, 0.3) is 0 Å². The summed E-state index contributed by atoms with van der Waals surface area (Å²) in [6.45, 7) is 0. The molecule has 0 aliphatic heterocycles. The summed E-state index contributed by atoms with van der Waals surface area (Å²) < 4.78 is 5.05. The first-order valence-corrected chi connectivity index (χ1v) is 18.2. The third-order valence-electron chi connectivity index (χ3n) is 10.0. The number of aromatic nitrogens is 1. The number of benzene rings is 8. The first kappa shape index (κ1) is 29.5. The molecule has 0 atom stereocenters. The molecule has 0 aliphatic carbocycles. The van der Waals surface area contributed by atoms with Crippen molar-refractivity contribution < 1.29 is 0 Å². The van der Waals surface area contributed by atoms with Crippen LogP contribution in [-0.2, 0) is 0 Å². The number of hydrogen-bond donors (Lipinski definition) is 0. The number of fused-ring (bicyclic) bond motifs is 6. The second-order valence-electron chi connectivity index (χ2n) is 13.0. The van der Waals surface area contributed by atoms with E-state index in [2.05, 4.69) is 204 Å². The highest BCUT2D eigenvalue weighted by Gasteiger charge is 2.17. The Morgan fingerprint density at radius 3 is 1.73 bits per heavy atom. The van der Waals surface area contributed by atoms with Crippen molar-refractivity contribution in [1.29, 1.82) is 0 Å². The second-order valence-corrected chi connectivity index (χ2v) is 14.0. The van der Waals surface area contributed by atoms with Gasteiger partial charge < -0.3 is 9.47 Å². The number of nitrogens with zero attached hydrogens (tertiary/aromatic N) is 2. The molecule has 0 radical (unpaired) electrons. The van der Waals surface area contributed by atoms with E-state index in [-0.39, 0.29) is 0 Å². The fraction of sp³-hybridized carbons (Fsp3) is 0. The molecular formula is C48H32N2S. The molecule has 2 nitrogen and oxygen atoms in total. The van der Waals surface area contributed by atoms with E-state index in [1.165, 1.54) is 64.2 Å². The summed E-state index contributed by atoms with van der Waals surface area (Å²) in [4.78, 5) is 2.35. The van der Waals surface area contributed by atoms with Crippen LogP contribution in [0, 0.1) is 0 Å². The van der Waals surface area contributed by atoms with Crippen LogP contribution in [0.15, 0.2) is 194 Å². The molecule has 240 valence electrons. The smallest absolute Gasteiger partial charge is 0.0542 e. The Morgan fingerprint density at radius 2 is 0.941 bits per heavy atom. The van der Waals surface area contributed by atoms with E-state index in [4.69, 9.17) is 0 Å². The lowest BCUT2D eigenvalue weighted by Gasteiger charge is -2.26. The molecule has 0 saturated carbocycles. The van der Waals surface area contributed by atoms with Crippen molar-refractivity contribution >= 4 is 70.4 Å². The Morgan fingerprint density at radius 1 is 0.373 bits per heavy atom. The minimum absolute atomic E-state index is 1.11. The Balaban J connectivity index is 1.02. The van der Waals surface area contributed by atoms with Crippen molar-refractivity contribution in [2.45, 2.75) is 0 Å². The van der Waals surface area contributed by atoms with E-state index in [1.54, 1.807) is 0 Å². The monoisotopic (exact) mass is 668 g/mol. The van der Waals surface area contributed by atoms with Gasteiger partial charge in [-0.15, -0.1) is 11.3 Å². The molecule has 0 fully saturated rings. The Kier molecular flexibility index (Phi) is 7.04. The highest BCUT2D eigenvalue weighted by molar-refractivity contribution is 7.26. The van der Waals surface area contributed by atoms with Gasteiger partial charge in [-0.05, 0) is 89.0 Å². The van der Waals surface area contributed by atoms with Gasteiger partial charge in [-0.1, -0.05) is 127 Å². The lowest BCUT2D eigenvalue weighted by atomic mass is 9.99. The summed E-state index contributed by atoms with van der Waals surface area (Å²) in [7, 11) is 0. The van der Waals surface area contributed by atoms with Gasteiger partial charge in [-0.3, -0.25) is 0 Å². The molecular weight excluding hydrogens is 637 g/mol. The fourth-order valence-corrected chi connectivity index (χ4v) is 8.84. The van der Waals surface area contributed by atoms with Gasteiger partial charge in [0.2, 0.25) is 0 Å². The van der Waals surface area contributed by atoms with Crippen LogP contribution in [0.5, 0.6) is 0 Å². The van der Waals surface area contributed by atoms with Gasteiger partial charge in [0.1, 0.15) is 0 Å². The first-order chi connectivity index (χ1) is 25.3. The van der Waals surface area contributed by atoms with Crippen LogP contribution in [-0.4, -0.2) is 4.57 Å². The molecule has 0 unspecified atom stereocenters. The van der Waals surface area contributed by atoms with Crippen molar-refractivity contribution in [3.05, 3.63) is 194 Å². The summed E-state index contributed by atoms with van der Waals surface area (Å²) in [5, 5.41) is 5.14. The summed E-state index contributed by atoms with van der Waals surface area (Å²) in [6.07, 6.45) is 0. The highest BCUT2D eigenvalue weighted by atomic mass is 32.1. The van der Waals surface area contributed by atoms with Gasteiger partial charge >= 0.3 is 0 Å². The zero-order valence-electron chi connectivity index (χ0n) is 27.8. The molecule has 10 rings (SSSR count). The predicted octanol–water partition coefficient (Wildman–Crippen LogP) is 14.0. The largest absolute Gasteiger partial charge is 0.310 e. The third kappa shape index (κ3) is 5.01. The van der Waals surface area contributed by atoms with Crippen molar-refractivity contribution in [3.8, 4) is 27.9 Å². The van der Waals surface area contributed by atoms with E-state index in [9.17, 15) is 0 Å². The average molecular weight is 669 g/mol. The van der Waals surface area contributed by atoms with Crippen molar-refractivity contribution in [2.24, 2.45) is 0 Å². The summed E-state index contributed by atoms with van der Waals surface area (Å²) in [5.41, 5.74) is 11.9. The maximum Gasteiger partial charge on any atom is 0.0542 e. The molecule has 0 aliphatic rings. The molecule has 8 aromatic carbocycles. The summed E-state index contributed by atoms with van der Waals surface area (Å²) >= 11 is 1.88. The van der Waals surface area contributed by atoms with Gasteiger partial charge in [0.05, 0.1) is 11.0 Å². The van der Waals surface area contributed by atoms with E-state index in [0.29, 0.717) is 0 Å². The summed E-state index contributed by atoms with van der Waals surface area (Å²) in [5.74, 6) is 0. The fourth-order valence-electron chi connectivity index (χ4n) is 7.60. The topological polar surface area (TPSA) is 8.17 Å². The molecule has 0 N–H and O–H groups in total. The van der Waals surface area contributed by atoms with Gasteiger partial charge in [-0.25, -0.2) is 0 Å². The zero-order valence-corrected chi connectivity index (χ0v) is 28.6. The minimum Gasteiger partial charge on any atom is -0.310 e. The number of rotatable bonds is 6. The molecule has 3 heteroatoms. The number of thiophene rings is 1. The molecule has 2 aromatic heterocycles. The maximum absolute atomic E-state index is 2.37. The van der Waals surface area contributed by atoms with Crippen molar-refractivity contribution in [3.63, 3.8) is 0 Å². The molecule has 0 bridgehead atoms. The lowest BCUT2D eigenvalue weighted by molar-refractivity contribution is 1.18. The molecule has 0 saturated heterocycles. The van der Waals surface area contributed by atoms with Crippen molar-refractivity contribution in [1.82, 2.24) is 4.57 Å². The molecule has 10 aromatic rings. The quantitative estimate of drug-likeness (QED) is 0.171. The predicted molar refractivity (Wildman–Crippen MR) is 219 cm³/mol. The van der Waals surface area contributed by atoms with E-state index >= 15 is 0 Å². The van der Waals surface area contributed by atoms with E-state index in [0.717, 1.165) is 22.7 Å². The van der Waals surface area contributed by atoms with E-state index in [1.807, 2.05) is 11.3 Å². The maximum atomic E-state index is 2.37. The minimum atomic E-state index is 1.11. The molecule has 0 amide bonds. The van der Waals surface area contributed by atoms with Crippen LogP contribution in [0.25, 0.3) is 69.9 Å². The molecule has 51 heavy (non-hydrogen) atoms. The lowest BCUT2D eigenvalue weighted by Crippen LogP contribution is -2.09. The van der Waals surface area contributed by atoms with Crippen molar-refractivity contribution in [2.75, 3.05) is 4.90 Å². The average Bonchev–Trinajstić information content (AvgIpc) is 3.75. The standard InChI is InChI=1S/C48H32N2S/c1-3-12-36(13-4-1)49(39-30-31-46-44(32-39)41-16-7-9-20-45(41)50(46)37-14-5-2-6-15-37)38-28-26-34(27-29-38)33-22-24-35(25-23-33)40-18-11-19-43-42-17-8-10-21-47(42)51-48(40)43/h1-32H. The number of para-hydroxylation sites is 3. The van der Waals surface area contributed by atoms with Gasteiger partial charge in [0, 0.05) is 53.7 Å². The van der Waals surface area contributed by atoms with E-state index < -0.39 is 0 Å². The SMILES string of the molecule is c1ccc(N(c2ccc(-c3ccc(-c4cccc5c4sc4ccccc45)cc3)cc2)c2ccc3c(c2)c2ccccc2n3-c2ccccc2)cc1. The Hall–Kier alpha value is -6.42. The normalized spacial score (nSPS) is 11.5. The first-order valence-electron chi connectivity index (χ1n) is 17.4. The van der Waals surface area contributed by atoms with Crippen LogP contribution < -0.4 is 4.90 Å². The molecule has 0 spiro atoms.